The van der Waals surface area contributed by atoms with Crippen LogP contribution in [-0.4, -0.2) is 16.0 Å². The molecule has 2 heterocycles. The Morgan fingerprint density at radius 2 is 1.76 bits per heavy atom. The molecule has 4 aliphatic carbocycles. The zero-order chi connectivity index (χ0) is 25.6. The third kappa shape index (κ3) is 4.51. The summed E-state index contributed by atoms with van der Waals surface area (Å²) in [4.78, 5) is 32.6. The number of benzene rings is 1. The number of thiophene rings is 1. The number of pyridine rings is 1. The Bertz CT molecular complexity index is 1360. The summed E-state index contributed by atoms with van der Waals surface area (Å²) in [6, 6.07) is 15.3. The number of rotatable bonds is 6. The van der Waals surface area contributed by atoms with Crippen molar-refractivity contribution in [2.45, 2.75) is 51.2 Å². The number of aromatic nitrogens is 1. The van der Waals surface area contributed by atoms with Gasteiger partial charge < -0.3 is 5.32 Å². The van der Waals surface area contributed by atoms with E-state index in [2.05, 4.69) is 16.4 Å². The largest absolute Gasteiger partial charge is 0.322 e. The van der Waals surface area contributed by atoms with Crippen LogP contribution in [0.4, 0.5) is 5.69 Å². The molecule has 0 aliphatic heterocycles. The van der Waals surface area contributed by atoms with Gasteiger partial charge in [0, 0.05) is 27.3 Å². The van der Waals surface area contributed by atoms with Crippen molar-refractivity contribution in [2.75, 3.05) is 5.32 Å². The average Bonchev–Trinajstić information content (AvgIpc) is 3.42. The van der Waals surface area contributed by atoms with Crippen LogP contribution in [-0.2, 0) is 10.5 Å². The molecule has 1 aromatic carbocycles. The maximum absolute atomic E-state index is 13.6. The fraction of sp³-hybridized carbons (Fsp3) is 0.400. The number of hydrogen-bond acceptors (Lipinski definition) is 6. The number of nitriles is 1. The molecule has 4 aliphatic rings. The van der Waals surface area contributed by atoms with Crippen molar-refractivity contribution in [3.8, 4) is 16.5 Å². The molecular weight excluding hydrogens is 498 g/mol. The van der Waals surface area contributed by atoms with E-state index in [1.807, 2.05) is 54.8 Å². The van der Waals surface area contributed by atoms with E-state index in [4.69, 9.17) is 0 Å². The summed E-state index contributed by atoms with van der Waals surface area (Å²) in [5.41, 5.74) is 3.16. The number of carbonyl (C=O) groups excluding carboxylic acids is 2. The number of nitrogens with zero attached hydrogens (tertiary/aromatic N) is 2. The lowest BCUT2D eigenvalue weighted by Gasteiger charge is -2.55. The smallest absolute Gasteiger partial charge is 0.259 e. The summed E-state index contributed by atoms with van der Waals surface area (Å²) in [7, 11) is 0. The van der Waals surface area contributed by atoms with Gasteiger partial charge in [-0.1, -0.05) is 36.0 Å². The third-order valence-electron chi connectivity index (χ3n) is 8.48. The van der Waals surface area contributed by atoms with E-state index in [-0.39, 0.29) is 22.6 Å². The minimum Gasteiger partial charge on any atom is -0.322 e. The summed E-state index contributed by atoms with van der Waals surface area (Å²) in [6.45, 7) is 1.95. The second-order valence-electron chi connectivity index (χ2n) is 11.0. The fourth-order valence-electron chi connectivity index (χ4n) is 7.26. The Balaban J connectivity index is 1.31. The highest BCUT2D eigenvalue weighted by Crippen LogP contribution is 2.61. The molecule has 5 nitrogen and oxygen atoms in total. The van der Waals surface area contributed by atoms with Crippen LogP contribution in [0, 0.1) is 41.4 Å². The van der Waals surface area contributed by atoms with Gasteiger partial charge in [0.05, 0.1) is 11.3 Å². The second kappa shape index (κ2) is 9.74. The standard InChI is InChI=1S/C30H29N3O2S2/c1-18-24(17-37-29(35)30-13-19-10-20(14-30)12-21(11-19)15-30)33-23(16-31)27(26(18)25-8-5-9-36-25)28(34)32-22-6-3-2-4-7-22/h2-9,19-21H,10-15,17H2,1H3,(H,32,34). The molecule has 4 saturated carbocycles. The Labute approximate surface area is 225 Å². The van der Waals surface area contributed by atoms with Crippen molar-refractivity contribution in [1.29, 1.82) is 5.26 Å². The van der Waals surface area contributed by atoms with Crippen molar-refractivity contribution in [3.05, 3.63) is 70.4 Å². The van der Waals surface area contributed by atoms with Gasteiger partial charge in [0.25, 0.3) is 5.91 Å². The van der Waals surface area contributed by atoms with Crippen LogP contribution in [0.3, 0.4) is 0 Å². The Morgan fingerprint density at radius 1 is 1.08 bits per heavy atom. The molecule has 0 radical (unpaired) electrons. The second-order valence-corrected chi connectivity index (χ2v) is 12.9. The van der Waals surface area contributed by atoms with Gasteiger partial charge in [0.15, 0.2) is 10.8 Å². The van der Waals surface area contributed by atoms with E-state index < -0.39 is 0 Å². The van der Waals surface area contributed by atoms with E-state index in [0.717, 1.165) is 35.3 Å². The molecule has 0 atom stereocenters. The van der Waals surface area contributed by atoms with Crippen molar-refractivity contribution < 1.29 is 9.59 Å². The molecule has 7 heteroatoms. The molecule has 0 spiro atoms. The maximum Gasteiger partial charge on any atom is 0.259 e. The predicted molar refractivity (Wildman–Crippen MR) is 148 cm³/mol. The molecule has 7 rings (SSSR count). The molecule has 1 amide bonds. The molecule has 4 fully saturated rings. The molecule has 188 valence electrons. The Hall–Kier alpha value is -2.95. The van der Waals surface area contributed by atoms with Gasteiger partial charge in [-0.05, 0) is 92.3 Å². The number of para-hydroxylation sites is 1. The first-order valence-electron chi connectivity index (χ1n) is 13.0. The SMILES string of the molecule is Cc1c(CSC(=O)C23CC4CC(CC(C4)C2)C3)nc(C#N)c(C(=O)Nc2ccccc2)c1-c1cccs1. The van der Waals surface area contributed by atoms with Gasteiger partial charge in [0.1, 0.15) is 6.07 Å². The van der Waals surface area contributed by atoms with E-state index in [1.54, 1.807) is 0 Å². The lowest BCUT2D eigenvalue weighted by atomic mass is 9.50. The van der Waals surface area contributed by atoms with Crippen LogP contribution in [0.2, 0.25) is 0 Å². The Morgan fingerprint density at radius 3 is 2.35 bits per heavy atom. The Kier molecular flexibility index (Phi) is 6.42. The molecule has 0 saturated heterocycles. The number of hydrogen-bond donors (Lipinski definition) is 1. The summed E-state index contributed by atoms with van der Waals surface area (Å²) < 4.78 is 0. The first-order valence-corrected chi connectivity index (χ1v) is 14.8. The molecule has 37 heavy (non-hydrogen) atoms. The van der Waals surface area contributed by atoms with Crippen molar-refractivity contribution in [3.63, 3.8) is 0 Å². The van der Waals surface area contributed by atoms with Crippen LogP contribution in [0.1, 0.15) is 65.8 Å². The molecule has 4 bridgehead atoms. The highest BCUT2D eigenvalue weighted by Gasteiger charge is 2.54. The molecule has 0 unspecified atom stereocenters. The molecule has 1 N–H and O–H groups in total. The topological polar surface area (TPSA) is 82.8 Å². The fourth-order valence-corrected chi connectivity index (χ4v) is 9.20. The maximum atomic E-state index is 13.6. The number of thioether (sulfide) groups is 1. The van der Waals surface area contributed by atoms with Gasteiger partial charge in [-0.25, -0.2) is 4.98 Å². The average molecular weight is 528 g/mol. The van der Waals surface area contributed by atoms with E-state index in [1.165, 1.54) is 42.4 Å². The quantitative estimate of drug-likeness (QED) is 0.366. The van der Waals surface area contributed by atoms with Gasteiger partial charge >= 0.3 is 0 Å². The summed E-state index contributed by atoms with van der Waals surface area (Å²) >= 11 is 2.89. The monoisotopic (exact) mass is 527 g/mol. The number of nitrogens with one attached hydrogen (secondary N) is 1. The van der Waals surface area contributed by atoms with Crippen LogP contribution < -0.4 is 5.32 Å². The van der Waals surface area contributed by atoms with Crippen molar-refractivity contribution >= 4 is 39.8 Å². The van der Waals surface area contributed by atoms with Crippen LogP contribution in [0.5, 0.6) is 0 Å². The first-order chi connectivity index (χ1) is 18.0. The number of carbonyl (C=O) groups is 2. The van der Waals surface area contributed by atoms with Gasteiger partial charge in [-0.2, -0.15) is 5.26 Å². The highest BCUT2D eigenvalue weighted by atomic mass is 32.2. The molecule has 2 aromatic heterocycles. The minimum atomic E-state index is -0.356. The zero-order valence-electron chi connectivity index (χ0n) is 20.8. The third-order valence-corrected chi connectivity index (χ3v) is 10.5. The van der Waals surface area contributed by atoms with Crippen LogP contribution >= 0.6 is 23.1 Å². The van der Waals surface area contributed by atoms with Crippen LogP contribution in [0.25, 0.3) is 10.4 Å². The minimum absolute atomic E-state index is 0.0975. The summed E-state index contributed by atoms with van der Waals surface area (Å²) in [5.74, 6) is 2.21. The zero-order valence-corrected chi connectivity index (χ0v) is 22.5. The summed E-state index contributed by atoms with van der Waals surface area (Å²) in [5, 5.41) is 15.2. The van der Waals surface area contributed by atoms with E-state index in [0.29, 0.717) is 40.0 Å². The van der Waals surface area contributed by atoms with E-state index in [9.17, 15) is 14.9 Å². The number of anilines is 1. The molecular formula is C30H29N3O2S2. The highest BCUT2D eigenvalue weighted by molar-refractivity contribution is 8.13. The normalized spacial score (nSPS) is 25.6. The lowest BCUT2D eigenvalue weighted by molar-refractivity contribution is -0.134. The van der Waals surface area contributed by atoms with Crippen molar-refractivity contribution in [2.24, 2.45) is 23.2 Å². The summed E-state index contributed by atoms with van der Waals surface area (Å²) in [6.07, 6.45) is 7.04. The van der Waals surface area contributed by atoms with E-state index >= 15 is 0 Å². The van der Waals surface area contributed by atoms with Gasteiger partial charge in [0.2, 0.25) is 0 Å². The lowest BCUT2D eigenvalue weighted by Crippen LogP contribution is -2.49. The van der Waals surface area contributed by atoms with Gasteiger partial charge in [-0.15, -0.1) is 11.3 Å². The van der Waals surface area contributed by atoms with Crippen molar-refractivity contribution in [1.82, 2.24) is 4.98 Å². The predicted octanol–water partition coefficient (Wildman–Crippen LogP) is 7.22. The van der Waals surface area contributed by atoms with Crippen LogP contribution in [0.15, 0.2) is 47.8 Å². The number of amides is 1. The first kappa shape index (κ1) is 24.4. The molecule has 3 aromatic rings. The van der Waals surface area contributed by atoms with Gasteiger partial charge in [-0.3, -0.25) is 9.59 Å².